The van der Waals surface area contributed by atoms with E-state index in [9.17, 15) is 4.79 Å². The van der Waals surface area contributed by atoms with E-state index in [0.717, 1.165) is 24.5 Å². The lowest BCUT2D eigenvalue weighted by Gasteiger charge is -2.22. The molecule has 7 nitrogen and oxygen atoms in total. The van der Waals surface area contributed by atoms with Gasteiger partial charge in [0.2, 0.25) is 5.91 Å². The van der Waals surface area contributed by atoms with Crippen LogP contribution in [0.1, 0.15) is 38.2 Å². The molecule has 2 aliphatic rings. The van der Waals surface area contributed by atoms with Crippen LogP contribution in [0.15, 0.2) is 18.3 Å². The molecule has 0 aliphatic carbocycles. The number of nitrogens with zero attached hydrogens (tertiary/aromatic N) is 2. The SMILES string of the molecule is CC1NNNC1C(=O)NCc1ccnc(N2CCCCCC2)c1. The average molecular weight is 318 g/mol. The van der Waals surface area contributed by atoms with Crippen molar-refractivity contribution in [3.05, 3.63) is 23.9 Å². The smallest absolute Gasteiger partial charge is 0.240 e. The van der Waals surface area contributed by atoms with Gasteiger partial charge in [-0.1, -0.05) is 12.8 Å². The second-order valence-electron chi connectivity index (χ2n) is 6.32. The number of hydrogen-bond acceptors (Lipinski definition) is 6. The number of amides is 1. The Kier molecular flexibility index (Phi) is 5.43. The van der Waals surface area contributed by atoms with Crippen molar-refractivity contribution >= 4 is 11.7 Å². The van der Waals surface area contributed by atoms with E-state index in [1.165, 1.54) is 25.7 Å². The third-order valence-electron chi connectivity index (χ3n) is 4.52. The fourth-order valence-corrected chi connectivity index (χ4v) is 3.08. The Balaban J connectivity index is 1.57. The Bertz CT molecular complexity index is 529. The second kappa shape index (κ2) is 7.72. The second-order valence-corrected chi connectivity index (χ2v) is 6.32. The number of anilines is 1. The van der Waals surface area contributed by atoms with Gasteiger partial charge in [-0.05, 0) is 37.5 Å². The molecular weight excluding hydrogens is 292 g/mol. The summed E-state index contributed by atoms with van der Waals surface area (Å²) in [6, 6.07) is 3.85. The van der Waals surface area contributed by atoms with E-state index in [1.54, 1.807) is 0 Å². The summed E-state index contributed by atoms with van der Waals surface area (Å²) in [5.41, 5.74) is 9.75. The van der Waals surface area contributed by atoms with Crippen LogP contribution in [-0.2, 0) is 11.3 Å². The van der Waals surface area contributed by atoms with Gasteiger partial charge in [-0.15, -0.1) is 0 Å². The summed E-state index contributed by atoms with van der Waals surface area (Å²) in [7, 11) is 0. The number of aromatic nitrogens is 1. The van der Waals surface area contributed by atoms with Crippen molar-refractivity contribution in [2.24, 2.45) is 0 Å². The Morgan fingerprint density at radius 2 is 2.09 bits per heavy atom. The fourth-order valence-electron chi connectivity index (χ4n) is 3.08. The molecule has 0 radical (unpaired) electrons. The highest BCUT2D eigenvalue weighted by atomic mass is 16.2. The normalized spacial score (nSPS) is 25.2. The number of hydrogen-bond donors (Lipinski definition) is 4. The number of carbonyl (C=O) groups excluding carboxylic acids is 1. The third-order valence-corrected chi connectivity index (χ3v) is 4.52. The van der Waals surface area contributed by atoms with Gasteiger partial charge in [-0.25, -0.2) is 15.8 Å². The van der Waals surface area contributed by atoms with Gasteiger partial charge in [0.15, 0.2) is 0 Å². The van der Waals surface area contributed by atoms with Gasteiger partial charge >= 0.3 is 0 Å². The molecule has 2 saturated heterocycles. The number of rotatable bonds is 4. The van der Waals surface area contributed by atoms with E-state index in [4.69, 9.17) is 0 Å². The summed E-state index contributed by atoms with van der Waals surface area (Å²) >= 11 is 0. The predicted molar refractivity (Wildman–Crippen MR) is 89.4 cm³/mol. The Labute approximate surface area is 137 Å². The highest BCUT2D eigenvalue weighted by Gasteiger charge is 2.28. The highest BCUT2D eigenvalue weighted by Crippen LogP contribution is 2.18. The zero-order valence-electron chi connectivity index (χ0n) is 13.6. The first kappa shape index (κ1) is 16.2. The van der Waals surface area contributed by atoms with Crippen LogP contribution >= 0.6 is 0 Å². The molecule has 126 valence electrons. The van der Waals surface area contributed by atoms with Gasteiger partial charge in [-0.2, -0.15) is 5.53 Å². The molecule has 0 aromatic carbocycles. The largest absolute Gasteiger partial charge is 0.357 e. The molecule has 2 atom stereocenters. The number of pyridine rings is 1. The van der Waals surface area contributed by atoms with Crippen LogP contribution in [0, 0.1) is 0 Å². The van der Waals surface area contributed by atoms with Gasteiger partial charge in [-0.3, -0.25) is 4.79 Å². The van der Waals surface area contributed by atoms with E-state index >= 15 is 0 Å². The van der Waals surface area contributed by atoms with Crippen LogP contribution < -0.4 is 26.6 Å². The maximum Gasteiger partial charge on any atom is 0.240 e. The number of carbonyl (C=O) groups is 1. The summed E-state index contributed by atoms with van der Waals surface area (Å²) in [5, 5.41) is 2.99. The van der Waals surface area contributed by atoms with E-state index in [1.807, 2.05) is 19.2 Å². The number of hydrazine groups is 2. The minimum absolute atomic E-state index is 0.0110. The van der Waals surface area contributed by atoms with Crippen LogP contribution in [0.4, 0.5) is 5.82 Å². The zero-order valence-corrected chi connectivity index (χ0v) is 13.6. The highest BCUT2D eigenvalue weighted by molar-refractivity contribution is 5.82. The van der Waals surface area contributed by atoms with Crippen molar-refractivity contribution in [3.8, 4) is 0 Å². The summed E-state index contributed by atoms with van der Waals surface area (Å²) in [4.78, 5) is 19.0. The van der Waals surface area contributed by atoms with Crippen LogP contribution in [0.5, 0.6) is 0 Å². The Morgan fingerprint density at radius 3 is 2.78 bits per heavy atom. The molecule has 2 aliphatic heterocycles. The maximum atomic E-state index is 12.2. The Hall–Kier alpha value is -1.70. The predicted octanol–water partition coefficient (Wildman–Crippen LogP) is 0.448. The molecule has 3 rings (SSSR count). The topological polar surface area (TPSA) is 81.3 Å². The van der Waals surface area contributed by atoms with Crippen molar-refractivity contribution in [1.29, 1.82) is 0 Å². The maximum absolute atomic E-state index is 12.2. The van der Waals surface area contributed by atoms with Crippen LogP contribution in [0.2, 0.25) is 0 Å². The molecule has 0 bridgehead atoms. The molecule has 3 heterocycles. The van der Waals surface area contributed by atoms with E-state index in [2.05, 4.69) is 37.7 Å². The van der Waals surface area contributed by atoms with Gasteiger partial charge in [0.25, 0.3) is 0 Å². The molecule has 23 heavy (non-hydrogen) atoms. The zero-order chi connectivity index (χ0) is 16.1. The lowest BCUT2D eigenvalue weighted by Crippen LogP contribution is -2.46. The lowest BCUT2D eigenvalue weighted by atomic mass is 10.1. The first-order valence-corrected chi connectivity index (χ1v) is 8.48. The molecule has 0 saturated carbocycles. The first-order chi connectivity index (χ1) is 11.2. The minimum Gasteiger partial charge on any atom is -0.357 e. The summed E-state index contributed by atoms with van der Waals surface area (Å²) in [6.45, 7) is 4.63. The molecule has 4 N–H and O–H groups in total. The van der Waals surface area contributed by atoms with Crippen molar-refractivity contribution in [3.63, 3.8) is 0 Å². The Morgan fingerprint density at radius 1 is 1.30 bits per heavy atom. The molecule has 1 amide bonds. The van der Waals surface area contributed by atoms with Crippen LogP contribution in [-0.4, -0.2) is 36.1 Å². The summed E-state index contributed by atoms with van der Waals surface area (Å²) in [5.74, 6) is 1.01. The molecule has 0 spiro atoms. The molecule has 1 aromatic heterocycles. The van der Waals surface area contributed by atoms with Crippen molar-refractivity contribution < 1.29 is 4.79 Å². The molecule has 2 fully saturated rings. The van der Waals surface area contributed by atoms with Crippen molar-refractivity contribution in [1.82, 2.24) is 26.7 Å². The molecule has 7 heteroatoms. The molecule has 2 unspecified atom stereocenters. The van der Waals surface area contributed by atoms with E-state index in [-0.39, 0.29) is 18.0 Å². The van der Waals surface area contributed by atoms with Gasteiger partial charge in [0.05, 0.1) is 0 Å². The van der Waals surface area contributed by atoms with E-state index in [0.29, 0.717) is 6.54 Å². The fraction of sp³-hybridized carbons (Fsp3) is 0.625. The monoisotopic (exact) mass is 318 g/mol. The van der Waals surface area contributed by atoms with Gasteiger partial charge in [0, 0.05) is 31.9 Å². The first-order valence-electron chi connectivity index (χ1n) is 8.48. The van der Waals surface area contributed by atoms with E-state index < -0.39 is 0 Å². The van der Waals surface area contributed by atoms with Gasteiger partial charge in [0.1, 0.15) is 11.9 Å². The van der Waals surface area contributed by atoms with Crippen molar-refractivity contribution in [2.45, 2.75) is 51.2 Å². The lowest BCUT2D eigenvalue weighted by molar-refractivity contribution is -0.123. The molecule has 1 aromatic rings. The van der Waals surface area contributed by atoms with Crippen LogP contribution in [0.3, 0.4) is 0 Å². The summed E-state index contributed by atoms with van der Waals surface area (Å²) < 4.78 is 0. The average Bonchev–Trinajstić information content (AvgIpc) is 2.84. The molecular formula is C16H26N6O. The summed E-state index contributed by atoms with van der Waals surface area (Å²) in [6.07, 6.45) is 6.91. The number of nitrogens with one attached hydrogen (secondary N) is 4. The van der Waals surface area contributed by atoms with Crippen LogP contribution in [0.25, 0.3) is 0 Å². The van der Waals surface area contributed by atoms with Crippen molar-refractivity contribution in [2.75, 3.05) is 18.0 Å². The third kappa shape index (κ3) is 4.19. The van der Waals surface area contributed by atoms with Gasteiger partial charge < -0.3 is 10.2 Å². The quantitative estimate of drug-likeness (QED) is 0.645. The minimum atomic E-state index is -0.262. The standard InChI is InChI=1S/C16H26N6O/c1-12-15(20-21-19-12)16(23)18-11-13-6-7-17-14(10-13)22-8-4-2-3-5-9-22/h6-7,10,12,15,19-21H,2-5,8-9,11H2,1H3,(H,18,23).